The van der Waals surface area contributed by atoms with Crippen LogP contribution in [0.1, 0.15) is 29.0 Å². The maximum absolute atomic E-state index is 11.7. The van der Waals surface area contributed by atoms with Gasteiger partial charge in [-0.05, 0) is 30.9 Å². The van der Waals surface area contributed by atoms with Gasteiger partial charge in [0.2, 0.25) is 0 Å². The van der Waals surface area contributed by atoms with Gasteiger partial charge in [0.1, 0.15) is 5.82 Å². The van der Waals surface area contributed by atoms with E-state index in [1.54, 1.807) is 12.3 Å². The lowest BCUT2D eigenvalue weighted by Gasteiger charge is -2.21. The van der Waals surface area contributed by atoms with Crippen LogP contribution in [0.2, 0.25) is 0 Å². The number of aromatic nitrogens is 2. The van der Waals surface area contributed by atoms with Gasteiger partial charge in [-0.1, -0.05) is 0 Å². The minimum absolute atomic E-state index is 0.331. The zero-order chi connectivity index (χ0) is 13.9. The van der Waals surface area contributed by atoms with Crippen molar-refractivity contribution < 1.29 is 14.3 Å². The third-order valence-electron chi connectivity index (χ3n) is 3.78. The highest BCUT2D eigenvalue weighted by Gasteiger charge is 2.18. The van der Waals surface area contributed by atoms with Crippen LogP contribution in [0.15, 0.2) is 24.5 Å². The molecule has 0 aliphatic carbocycles. The summed E-state index contributed by atoms with van der Waals surface area (Å²) in [6.07, 6.45) is 6.84. The molecule has 1 fully saturated rings. The van der Waals surface area contributed by atoms with Gasteiger partial charge in [0.05, 0.1) is 24.4 Å². The first kappa shape index (κ1) is 13.1. The first-order valence-electron chi connectivity index (χ1n) is 6.90. The Morgan fingerprint density at radius 2 is 2.50 bits per heavy atom. The molecule has 0 saturated carbocycles. The average molecular weight is 274 g/mol. The van der Waals surface area contributed by atoms with Gasteiger partial charge in [-0.2, -0.15) is 0 Å². The molecule has 0 spiro atoms. The van der Waals surface area contributed by atoms with Crippen molar-refractivity contribution in [3.05, 3.63) is 35.9 Å². The second kappa shape index (κ2) is 5.63. The molecule has 3 rings (SSSR count). The van der Waals surface area contributed by atoms with Gasteiger partial charge in [-0.25, -0.2) is 9.78 Å². The van der Waals surface area contributed by atoms with Crippen LogP contribution in [0.25, 0.3) is 5.52 Å². The zero-order valence-corrected chi connectivity index (χ0v) is 11.5. The van der Waals surface area contributed by atoms with Gasteiger partial charge in [-0.15, -0.1) is 0 Å². The molecule has 3 heterocycles. The fraction of sp³-hybridized carbons (Fsp3) is 0.467. The maximum atomic E-state index is 11.7. The molecule has 2 aromatic rings. The number of nitrogens with zero attached hydrogens (tertiary/aromatic N) is 2. The highest BCUT2D eigenvalue weighted by molar-refractivity contribution is 5.96. The first-order chi connectivity index (χ1) is 9.79. The Morgan fingerprint density at radius 1 is 1.60 bits per heavy atom. The number of carbonyl (C=O) groups excluding carboxylic acids is 1. The van der Waals surface area contributed by atoms with Crippen molar-refractivity contribution in [1.29, 1.82) is 0 Å². The Bertz CT molecular complexity index is 615. The van der Waals surface area contributed by atoms with E-state index in [9.17, 15) is 4.79 Å². The molecule has 1 saturated heterocycles. The molecule has 0 bridgehead atoms. The SMILES string of the molecule is COC(=O)c1cccn2c(CC3CCCOC3)ncc12. The Morgan fingerprint density at radius 3 is 3.25 bits per heavy atom. The van der Waals surface area contributed by atoms with Crippen LogP contribution in [0.5, 0.6) is 0 Å². The number of hydrogen-bond donors (Lipinski definition) is 0. The molecule has 1 atom stereocenters. The van der Waals surface area contributed by atoms with E-state index < -0.39 is 0 Å². The van der Waals surface area contributed by atoms with Crippen molar-refractivity contribution in [2.45, 2.75) is 19.3 Å². The van der Waals surface area contributed by atoms with Crippen LogP contribution in [-0.2, 0) is 15.9 Å². The van der Waals surface area contributed by atoms with E-state index in [0.29, 0.717) is 11.5 Å². The standard InChI is InChI=1S/C15H18N2O3/c1-19-15(18)12-5-2-6-17-13(12)9-16-14(17)8-11-4-3-7-20-10-11/h2,5-6,9,11H,3-4,7-8,10H2,1H3. The molecule has 0 aromatic carbocycles. The molecule has 0 amide bonds. The number of pyridine rings is 1. The second-order valence-corrected chi connectivity index (χ2v) is 5.13. The Kier molecular flexibility index (Phi) is 3.69. The van der Waals surface area contributed by atoms with E-state index in [2.05, 4.69) is 4.98 Å². The lowest BCUT2D eigenvalue weighted by atomic mass is 9.98. The number of ether oxygens (including phenoxy) is 2. The molecule has 0 radical (unpaired) electrons. The number of esters is 1. The van der Waals surface area contributed by atoms with E-state index in [-0.39, 0.29) is 5.97 Å². The molecule has 1 unspecified atom stereocenters. The minimum atomic E-state index is -0.331. The van der Waals surface area contributed by atoms with Crippen molar-refractivity contribution in [1.82, 2.24) is 9.38 Å². The molecule has 2 aromatic heterocycles. The van der Waals surface area contributed by atoms with Crippen molar-refractivity contribution in [3.63, 3.8) is 0 Å². The predicted octanol–water partition coefficient (Wildman–Crippen LogP) is 2.09. The summed E-state index contributed by atoms with van der Waals surface area (Å²) in [5.41, 5.74) is 1.35. The topological polar surface area (TPSA) is 52.8 Å². The Labute approximate surface area is 117 Å². The highest BCUT2D eigenvalue weighted by Crippen LogP contribution is 2.20. The van der Waals surface area contributed by atoms with Crippen LogP contribution in [0.4, 0.5) is 0 Å². The average Bonchev–Trinajstić information content (AvgIpc) is 2.91. The van der Waals surface area contributed by atoms with Crippen LogP contribution in [0.3, 0.4) is 0 Å². The molecule has 1 aliphatic rings. The third kappa shape index (κ3) is 2.41. The molecule has 5 nitrogen and oxygen atoms in total. The van der Waals surface area contributed by atoms with Gasteiger partial charge >= 0.3 is 5.97 Å². The molecule has 0 N–H and O–H groups in total. The molecular formula is C15H18N2O3. The summed E-state index contributed by atoms with van der Waals surface area (Å²) in [7, 11) is 1.39. The summed E-state index contributed by atoms with van der Waals surface area (Å²) < 4.78 is 12.3. The van der Waals surface area contributed by atoms with Gasteiger partial charge < -0.3 is 13.9 Å². The summed E-state index contributed by atoms with van der Waals surface area (Å²) in [4.78, 5) is 16.2. The number of carbonyl (C=O) groups is 1. The number of fused-ring (bicyclic) bond motifs is 1. The predicted molar refractivity (Wildman–Crippen MR) is 73.8 cm³/mol. The van der Waals surface area contributed by atoms with Crippen molar-refractivity contribution in [2.24, 2.45) is 5.92 Å². The summed E-state index contributed by atoms with van der Waals surface area (Å²) in [5, 5.41) is 0. The quantitative estimate of drug-likeness (QED) is 0.804. The molecule has 5 heteroatoms. The lowest BCUT2D eigenvalue weighted by Crippen LogP contribution is -2.20. The van der Waals surface area contributed by atoms with E-state index in [1.807, 2.05) is 16.7 Å². The summed E-state index contributed by atoms with van der Waals surface area (Å²) in [6, 6.07) is 3.61. The Hall–Kier alpha value is -1.88. The fourth-order valence-electron chi connectivity index (χ4n) is 2.74. The third-order valence-corrected chi connectivity index (χ3v) is 3.78. The molecule has 20 heavy (non-hydrogen) atoms. The minimum Gasteiger partial charge on any atom is -0.465 e. The van der Waals surface area contributed by atoms with Gasteiger partial charge in [0.15, 0.2) is 0 Å². The monoisotopic (exact) mass is 274 g/mol. The second-order valence-electron chi connectivity index (χ2n) is 5.13. The zero-order valence-electron chi connectivity index (χ0n) is 11.5. The molecule has 1 aliphatic heterocycles. The van der Waals surface area contributed by atoms with E-state index >= 15 is 0 Å². The van der Waals surface area contributed by atoms with Crippen molar-refractivity contribution in [2.75, 3.05) is 20.3 Å². The van der Waals surface area contributed by atoms with E-state index in [4.69, 9.17) is 9.47 Å². The highest BCUT2D eigenvalue weighted by atomic mass is 16.5. The number of rotatable bonds is 3. The Balaban J connectivity index is 1.91. The first-order valence-corrected chi connectivity index (χ1v) is 6.90. The largest absolute Gasteiger partial charge is 0.465 e. The van der Waals surface area contributed by atoms with Gasteiger partial charge in [0, 0.05) is 25.8 Å². The number of imidazole rings is 1. The van der Waals surface area contributed by atoms with Crippen LogP contribution >= 0.6 is 0 Å². The van der Waals surface area contributed by atoms with Crippen LogP contribution in [0, 0.1) is 5.92 Å². The fourth-order valence-corrected chi connectivity index (χ4v) is 2.74. The number of hydrogen-bond acceptors (Lipinski definition) is 4. The van der Waals surface area contributed by atoms with Gasteiger partial charge in [0.25, 0.3) is 0 Å². The molecule has 106 valence electrons. The van der Waals surface area contributed by atoms with E-state index in [0.717, 1.165) is 37.4 Å². The van der Waals surface area contributed by atoms with Crippen molar-refractivity contribution in [3.8, 4) is 0 Å². The maximum Gasteiger partial charge on any atom is 0.340 e. The normalized spacial score (nSPS) is 19.1. The summed E-state index contributed by atoms with van der Waals surface area (Å²) >= 11 is 0. The van der Waals surface area contributed by atoms with Gasteiger partial charge in [-0.3, -0.25) is 0 Å². The van der Waals surface area contributed by atoms with Crippen LogP contribution in [-0.4, -0.2) is 35.7 Å². The summed E-state index contributed by atoms with van der Waals surface area (Å²) in [5.74, 6) is 1.15. The number of methoxy groups -OCH3 is 1. The lowest BCUT2D eigenvalue weighted by molar-refractivity contribution is 0.0542. The molecular weight excluding hydrogens is 256 g/mol. The summed E-state index contributed by atoms with van der Waals surface area (Å²) in [6.45, 7) is 1.66. The van der Waals surface area contributed by atoms with E-state index in [1.165, 1.54) is 13.5 Å². The van der Waals surface area contributed by atoms with Crippen molar-refractivity contribution >= 4 is 11.5 Å². The smallest absolute Gasteiger partial charge is 0.340 e. The van der Waals surface area contributed by atoms with Crippen LogP contribution < -0.4 is 0 Å².